The number of aryl methyl sites for hydroxylation is 2. The van der Waals surface area contributed by atoms with E-state index >= 15 is 0 Å². The van der Waals surface area contributed by atoms with Crippen LogP contribution in [0.2, 0.25) is 0 Å². The molecule has 0 heterocycles. The third-order valence-corrected chi connectivity index (χ3v) is 3.91. The highest BCUT2D eigenvalue weighted by Crippen LogP contribution is 2.24. The Balaban J connectivity index is 2.14. The molecule has 0 aliphatic rings. The lowest BCUT2D eigenvalue weighted by molar-refractivity contribution is 0.288. The molecule has 2 rings (SSSR count). The fourth-order valence-electron chi connectivity index (χ4n) is 2.30. The summed E-state index contributed by atoms with van der Waals surface area (Å²) in [6.07, 6.45) is 0. The first-order chi connectivity index (χ1) is 10.0. The van der Waals surface area contributed by atoms with Gasteiger partial charge in [-0.25, -0.2) is 4.39 Å². The van der Waals surface area contributed by atoms with Crippen molar-refractivity contribution in [1.29, 1.82) is 0 Å². The molecule has 0 bridgehead atoms. The minimum atomic E-state index is -0.319. The number of ether oxygens (including phenoxy) is 1. The highest BCUT2D eigenvalue weighted by atomic mass is 19.1. The maximum absolute atomic E-state index is 14.1. The van der Waals surface area contributed by atoms with E-state index in [1.54, 1.807) is 6.07 Å². The number of hydrogen-bond acceptors (Lipinski definition) is 2. The van der Waals surface area contributed by atoms with Gasteiger partial charge in [0.25, 0.3) is 0 Å². The lowest BCUT2D eigenvalue weighted by Crippen LogP contribution is -2.12. The SMILES string of the molecule is CNC(C)c1ccc(OCc2c(C)cccc2C)c(F)c1. The molecule has 112 valence electrons. The highest BCUT2D eigenvalue weighted by Gasteiger charge is 2.10. The molecule has 2 aromatic carbocycles. The maximum atomic E-state index is 14.1. The van der Waals surface area contributed by atoms with Crippen LogP contribution in [-0.2, 0) is 6.61 Å². The summed E-state index contributed by atoms with van der Waals surface area (Å²) in [6.45, 7) is 6.46. The Kier molecular flexibility index (Phi) is 4.97. The average molecular weight is 287 g/mol. The van der Waals surface area contributed by atoms with Crippen LogP contribution >= 0.6 is 0 Å². The largest absolute Gasteiger partial charge is 0.486 e. The molecular weight excluding hydrogens is 265 g/mol. The second kappa shape index (κ2) is 6.72. The molecule has 1 unspecified atom stereocenters. The van der Waals surface area contributed by atoms with Gasteiger partial charge in [-0.2, -0.15) is 0 Å². The second-order valence-corrected chi connectivity index (χ2v) is 5.36. The first-order valence-corrected chi connectivity index (χ1v) is 7.17. The van der Waals surface area contributed by atoms with Gasteiger partial charge in [0, 0.05) is 6.04 Å². The van der Waals surface area contributed by atoms with Crippen molar-refractivity contribution in [3.8, 4) is 5.75 Å². The molecule has 0 saturated heterocycles. The fraction of sp³-hybridized carbons (Fsp3) is 0.333. The van der Waals surface area contributed by atoms with E-state index in [9.17, 15) is 4.39 Å². The molecule has 0 spiro atoms. The highest BCUT2D eigenvalue weighted by molar-refractivity contribution is 5.35. The summed E-state index contributed by atoms with van der Waals surface area (Å²) in [5.74, 6) is -0.0226. The molecule has 0 aromatic heterocycles. The van der Waals surface area contributed by atoms with Gasteiger partial charge < -0.3 is 10.1 Å². The number of hydrogen-bond donors (Lipinski definition) is 1. The van der Waals surface area contributed by atoms with Crippen molar-refractivity contribution in [1.82, 2.24) is 5.32 Å². The van der Waals surface area contributed by atoms with Crippen LogP contribution in [0.1, 0.15) is 35.2 Å². The Morgan fingerprint density at radius 3 is 2.38 bits per heavy atom. The summed E-state index contributed by atoms with van der Waals surface area (Å²) in [7, 11) is 1.86. The average Bonchev–Trinajstić information content (AvgIpc) is 2.47. The monoisotopic (exact) mass is 287 g/mol. The van der Waals surface area contributed by atoms with Gasteiger partial charge in [0.2, 0.25) is 0 Å². The first kappa shape index (κ1) is 15.5. The van der Waals surface area contributed by atoms with Crippen LogP contribution in [-0.4, -0.2) is 7.05 Å². The quantitative estimate of drug-likeness (QED) is 0.885. The Labute approximate surface area is 126 Å². The van der Waals surface area contributed by atoms with Crippen molar-refractivity contribution < 1.29 is 9.13 Å². The number of rotatable bonds is 5. The van der Waals surface area contributed by atoms with E-state index in [4.69, 9.17) is 4.74 Å². The molecule has 21 heavy (non-hydrogen) atoms. The molecule has 2 aromatic rings. The van der Waals surface area contributed by atoms with Crippen molar-refractivity contribution in [3.63, 3.8) is 0 Å². The van der Waals surface area contributed by atoms with Crippen LogP contribution in [0.15, 0.2) is 36.4 Å². The minimum absolute atomic E-state index is 0.118. The predicted molar refractivity (Wildman–Crippen MR) is 84.1 cm³/mol. The van der Waals surface area contributed by atoms with Gasteiger partial charge in [0.1, 0.15) is 6.61 Å². The third-order valence-electron chi connectivity index (χ3n) is 3.91. The molecule has 0 fully saturated rings. The Hall–Kier alpha value is -1.87. The van der Waals surface area contributed by atoms with E-state index in [1.165, 1.54) is 6.07 Å². The minimum Gasteiger partial charge on any atom is -0.486 e. The molecule has 1 N–H and O–H groups in total. The number of halogens is 1. The van der Waals surface area contributed by atoms with Crippen LogP contribution in [0.5, 0.6) is 5.75 Å². The summed E-state index contributed by atoms with van der Waals surface area (Å²) < 4.78 is 19.8. The van der Waals surface area contributed by atoms with Gasteiger partial charge in [-0.3, -0.25) is 0 Å². The van der Waals surface area contributed by atoms with Gasteiger partial charge in [0.15, 0.2) is 11.6 Å². The summed E-state index contributed by atoms with van der Waals surface area (Å²) in [6, 6.07) is 11.3. The molecule has 1 atom stereocenters. The van der Waals surface area contributed by atoms with Crippen molar-refractivity contribution in [2.45, 2.75) is 33.4 Å². The first-order valence-electron chi connectivity index (χ1n) is 7.17. The smallest absolute Gasteiger partial charge is 0.165 e. The van der Waals surface area contributed by atoms with Gasteiger partial charge in [0.05, 0.1) is 0 Å². The van der Waals surface area contributed by atoms with E-state index in [2.05, 4.69) is 5.32 Å². The summed E-state index contributed by atoms with van der Waals surface area (Å²) in [4.78, 5) is 0. The van der Waals surface area contributed by atoms with Crippen molar-refractivity contribution in [2.24, 2.45) is 0 Å². The zero-order valence-corrected chi connectivity index (χ0v) is 13.0. The van der Waals surface area contributed by atoms with E-state index in [1.807, 2.05) is 52.1 Å². The molecule has 0 aliphatic carbocycles. The van der Waals surface area contributed by atoms with Crippen LogP contribution in [0.3, 0.4) is 0 Å². The summed E-state index contributed by atoms with van der Waals surface area (Å²) in [5.41, 5.74) is 4.35. The topological polar surface area (TPSA) is 21.3 Å². The standard InChI is InChI=1S/C18H22FNO/c1-12-6-5-7-13(2)16(12)11-21-18-9-8-15(10-17(18)19)14(3)20-4/h5-10,14,20H,11H2,1-4H3. The molecule has 0 saturated carbocycles. The normalized spacial score (nSPS) is 12.2. The van der Waals surface area contributed by atoms with E-state index in [-0.39, 0.29) is 11.9 Å². The van der Waals surface area contributed by atoms with Gasteiger partial charge in [-0.05, 0) is 62.2 Å². The van der Waals surface area contributed by atoms with Crippen molar-refractivity contribution >= 4 is 0 Å². The van der Waals surface area contributed by atoms with Crippen LogP contribution in [0, 0.1) is 19.7 Å². The van der Waals surface area contributed by atoms with Crippen LogP contribution in [0.4, 0.5) is 4.39 Å². The lowest BCUT2D eigenvalue weighted by Gasteiger charge is -2.14. The van der Waals surface area contributed by atoms with E-state index in [0.29, 0.717) is 12.4 Å². The van der Waals surface area contributed by atoms with Gasteiger partial charge >= 0.3 is 0 Å². The maximum Gasteiger partial charge on any atom is 0.165 e. The van der Waals surface area contributed by atoms with Crippen LogP contribution in [0.25, 0.3) is 0 Å². The van der Waals surface area contributed by atoms with Crippen molar-refractivity contribution in [3.05, 3.63) is 64.5 Å². The molecule has 2 nitrogen and oxygen atoms in total. The lowest BCUT2D eigenvalue weighted by atomic mass is 10.0. The van der Waals surface area contributed by atoms with E-state index < -0.39 is 0 Å². The number of benzene rings is 2. The van der Waals surface area contributed by atoms with Crippen molar-refractivity contribution in [2.75, 3.05) is 7.05 Å². The zero-order valence-electron chi connectivity index (χ0n) is 13.0. The second-order valence-electron chi connectivity index (χ2n) is 5.36. The molecular formula is C18H22FNO. The zero-order chi connectivity index (χ0) is 15.4. The number of nitrogens with one attached hydrogen (secondary N) is 1. The van der Waals surface area contributed by atoms with Crippen LogP contribution < -0.4 is 10.1 Å². The summed E-state index contributed by atoms with van der Waals surface area (Å²) in [5, 5.41) is 3.09. The Bertz CT molecular complexity index is 604. The predicted octanol–water partition coefficient (Wildman–Crippen LogP) is 4.30. The Morgan fingerprint density at radius 1 is 1.14 bits per heavy atom. The van der Waals surface area contributed by atoms with E-state index in [0.717, 1.165) is 22.3 Å². The van der Waals surface area contributed by atoms with Gasteiger partial charge in [-0.15, -0.1) is 0 Å². The molecule has 3 heteroatoms. The third kappa shape index (κ3) is 3.61. The Morgan fingerprint density at radius 2 is 1.81 bits per heavy atom. The van der Waals surface area contributed by atoms with Gasteiger partial charge in [-0.1, -0.05) is 24.3 Å². The molecule has 0 radical (unpaired) electrons. The molecule has 0 aliphatic heterocycles. The molecule has 0 amide bonds. The fourth-order valence-corrected chi connectivity index (χ4v) is 2.30. The summed E-state index contributed by atoms with van der Waals surface area (Å²) >= 11 is 0.